The summed E-state index contributed by atoms with van der Waals surface area (Å²) in [6.45, 7) is 4.42. The molecule has 11 heteroatoms. The van der Waals surface area contributed by atoms with Crippen molar-refractivity contribution in [3.8, 4) is 0 Å². The first-order chi connectivity index (χ1) is 21.0. The highest BCUT2D eigenvalue weighted by molar-refractivity contribution is 6.05. The third-order valence-corrected chi connectivity index (χ3v) is 7.88. The van der Waals surface area contributed by atoms with E-state index in [0.29, 0.717) is 38.7 Å². The van der Waals surface area contributed by atoms with Crippen LogP contribution >= 0.6 is 0 Å². The SMILES string of the molecule is C[C@@H](Nc1ncc(N2CCOCC2)n(CC(=O)NCc2cc3cnccc3[nH]2)c1=O)c1ccc2oc3ccccc3c2c1. The fraction of sp³-hybridized carbons (Fsp3) is 0.250. The van der Waals surface area contributed by atoms with Gasteiger partial charge in [-0.15, -0.1) is 0 Å². The Balaban J connectivity index is 1.14. The number of carbonyl (C=O) groups excluding carboxylic acids is 1. The van der Waals surface area contributed by atoms with Crippen LogP contribution in [0.4, 0.5) is 11.6 Å². The number of hydrogen-bond acceptors (Lipinski definition) is 8. The number of nitrogens with one attached hydrogen (secondary N) is 3. The van der Waals surface area contributed by atoms with E-state index in [0.717, 1.165) is 44.1 Å². The third-order valence-electron chi connectivity index (χ3n) is 7.88. The van der Waals surface area contributed by atoms with Gasteiger partial charge in [0.1, 0.15) is 23.5 Å². The van der Waals surface area contributed by atoms with Gasteiger partial charge in [-0.05, 0) is 42.8 Å². The number of ether oxygens (including phenoxy) is 1. The summed E-state index contributed by atoms with van der Waals surface area (Å²) in [6.07, 6.45) is 5.15. The van der Waals surface area contributed by atoms with Crippen LogP contribution in [-0.2, 0) is 22.6 Å². The van der Waals surface area contributed by atoms with Gasteiger partial charge in [-0.25, -0.2) is 4.98 Å². The van der Waals surface area contributed by atoms with Gasteiger partial charge in [-0.1, -0.05) is 24.3 Å². The number of furan rings is 1. The maximum absolute atomic E-state index is 13.8. The van der Waals surface area contributed by atoms with E-state index in [9.17, 15) is 9.59 Å². The Morgan fingerprint density at radius 1 is 1.05 bits per heavy atom. The first-order valence-electron chi connectivity index (χ1n) is 14.3. The average molecular weight is 578 g/mol. The summed E-state index contributed by atoms with van der Waals surface area (Å²) in [5.41, 5.74) is 4.06. The van der Waals surface area contributed by atoms with Gasteiger partial charge in [-0.3, -0.25) is 19.1 Å². The lowest BCUT2D eigenvalue weighted by molar-refractivity contribution is -0.121. The molecule has 0 unspecified atom stereocenters. The van der Waals surface area contributed by atoms with Crippen LogP contribution in [0.1, 0.15) is 24.2 Å². The molecule has 1 fully saturated rings. The molecule has 5 heterocycles. The number of hydrogen-bond donors (Lipinski definition) is 3. The van der Waals surface area contributed by atoms with E-state index in [-0.39, 0.29) is 29.9 Å². The lowest BCUT2D eigenvalue weighted by atomic mass is 10.0. The van der Waals surface area contributed by atoms with Crippen LogP contribution in [0.2, 0.25) is 0 Å². The molecule has 7 rings (SSSR count). The summed E-state index contributed by atoms with van der Waals surface area (Å²) in [5, 5.41) is 9.24. The van der Waals surface area contributed by atoms with Crippen LogP contribution < -0.4 is 21.1 Å². The number of carbonyl (C=O) groups is 1. The summed E-state index contributed by atoms with van der Waals surface area (Å²) in [6, 6.07) is 17.5. The molecule has 1 aliphatic heterocycles. The maximum Gasteiger partial charge on any atom is 0.295 e. The number of nitrogens with zero attached hydrogens (tertiary/aromatic N) is 4. The van der Waals surface area contributed by atoms with Gasteiger partial charge in [0.2, 0.25) is 5.91 Å². The first-order valence-corrected chi connectivity index (χ1v) is 14.3. The predicted molar refractivity (Wildman–Crippen MR) is 165 cm³/mol. The Morgan fingerprint density at radius 3 is 2.74 bits per heavy atom. The molecular formula is C32H31N7O4. The zero-order valence-electron chi connectivity index (χ0n) is 23.7. The molecule has 218 valence electrons. The lowest BCUT2D eigenvalue weighted by Crippen LogP contribution is -2.42. The van der Waals surface area contributed by atoms with Crippen molar-refractivity contribution in [3.05, 3.63) is 94.8 Å². The van der Waals surface area contributed by atoms with E-state index in [2.05, 4.69) is 31.7 Å². The van der Waals surface area contributed by atoms with Crippen LogP contribution in [-0.4, -0.2) is 51.7 Å². The standard InChI is InChI=1S/C32H31N7O4/c1-20(21-6-7-28-25(15-21)24-4-2-3-5-27(24)43-28)36-31-32(41)39(30(18-35-31)38-10-12-42-13-11-38)19-29(40)34-17-23-14-22-16-33-9-8-26(22)37-23/h2-9,14-16,18,20,37H,10-13,17,19H2,1H3,(H,34,40)(H,35,36)/t20-/m1/s1. The Hall–Kier alpha value is -5.16. The fourth-order valence-corrected chi connectivity index (χ4v) is 5.60. The number of pyridine rings is 1. The Morgan fingerprint density at radius 2 is 1.88 bits per heavy atom. The highest BCUT2D eigenvalue weighted by atomic mass is 16.5. The highest BCUT2D eigenvalue weighted by Gasteiger charge is 2.21. The van der Waals surface area contributed by atoms with E-state index in [1.54, 1.807) is 18.6 Å². The minimum atomic E-state index is -0.363. The van der Waals surface area contributed by atoms with E-state index >= 15 is 0 Å². The number of anilines is 2. The lowest BCUT2D eigenvalue weighted by Gasteiger charge is -2.30. The summed E-state index contributed by atoms with van der Waals surface area (Å²) in [4.78, 5) is 41.0. The van der Waals surface area contributed by atoms with Gasteiger partial charge < -0.3 is 29.7 Å². The highest BCUT2D eigenvalue weighted by Crippen LogP contribution is 2.31. The zero-order valence-corrected chi connectivity index (χ0v) is 23.7. The summed E-state index contributed by atoms with van der Waals surface area (Å²) >= 11 is 0. The molecule has 11 nitrogen and oxygen atoms in total. The Bertz CT molecular complexity index is 1970. The molecule has 1 aliphatic rings. The number of fused-ring (bicyclic) bond motifs is 4. The molecular weight excluding hydrogens is 546 g/mol. The normalized spacial score (nSPS) is 14.4. The minimum Gasteiger partial charge on any atom is -0.456 e. The van der Waals surface area contributed by atoms with E-state index in [1.165, 1.54) is 4.57 Å². The van der Waals surface area contributed by atoms with Crippen molar-refractivity contribution >= 4 is 50.4 Å². The van der Waals surface area contributed by atoms with Crippen molar-refractivity contribution in [3.63, 3.8) is 0 Å². The van der Waals surface area contributed by atoms with Crippen LogP contribution in [0.5, 0.6) is 0 Å². The monoisotopic (exact) mass is 577 g/mol. The van der Waals surface area contributed by atoms with Crippen molar-refractivity contribution in [2.24, 2.45) is 0 Å². The number of H-pyrrole nitrogens is 1. The summed E-state index contributed by atoms with van der Waals surface area (Å²) < 4.78 is 13.0. The molecule has 6 aromatic rings. The number of morpholine rings is 1. The predicted octanol–water partition coefficient (Wildman–Crippen LogP) is 4.35. The van der Waals surface area contributed by atoms with Gasteiger partial charge in [0, 0.05) is 52.9 Å². The second-order valence-corrected chi connectivity index (χ2v) is 10.7. The van der Waals surface area contributed by atoms with Gasteiger partial charge in [-0.2, -0.15) is 0 Å². The third kappa shape index (κ3) is 5.30. The molecule has 1 atom stereocenters. The molecule has 43 heavy (non-hydrogen) atoms. The van der Waals surface area contributed by atoms with E-state index in [4.69, 9.17) is 9.15 Å². The van der Waals surface area contributed by atoms with Crippen LogP contribution in [0.3, 0.4) is 0 Å². The van der Waals surface area contributed by atoms with Crippen molar-refractivity contribution in [1.29, 1.82) is 0 Å². The number of para-hydroxylation sites is 1. The van der Waals surface area contributed by atoms with Crippen molar-refractivity contribution in [2.45, 2.75) is 26.1 Å². The maximum atomic E-state index is 13.8. The topological polar surface area (TPSA) is 130 Å². The molecule has 0 aliphatic carbocycles. The van der Waals surface area contributed by atoms with Gasteiger partial charge >= 0.3 is 0 Å². The average Bonchev–Trinajstić information content (AvgIpc) is 3.63. The van der Waals surface area contributed by atoms with Gasteiger partial charge in [0.25, 0.3) is 5.56 Å². The number of rotatable bonds is 8. The van der Waals surface area contributed by atoms with Gasteiger partial charge in [0.05, 0.1) is 32.0 Å². The molecule has 0 spiro atoms. The molecule has 1 amide bonds. The van der Waals surface area contributed by atoms with Crippen molar-refractivity contribution < 1.29 is 13.9 Å². The molecule has 0 radical (unpaired) electrons. The largest absolute Gasteiger partial charge is 0.456 e. The molecule has 1 saturated heterocycles. The van der Waals surface area contributed by atoms with Crippen LogP contribution in [0, 0.1) is 0 Å². The smallest absolute Gasteiger partial charge is 0.295 e. The molecule has 3 N–H and O–H groups in total. The van der Waals surface area contributed by atoms with E-state index < -0.39 is 0 Å². The minimum absolute atomic E-state index is 0.147. The summed E-state index contributed by atoms with van der Waals surface area (Å²) in [7, 11) is 0. The van der Waals surface area contributed by atoms with Crippen molar-refractivity contribution in [1.82, 2.24) is 24.8 Å². The number of aromatic amines is 1. The van der Waals surface area contributed by atoms with E-state index in [1.807, 2.05) is 60.4 Å². The fourth-order valence-electron chi connectivity index (χ4n) is 5.60. The molecule has 0 bridgehead atoms. The van der Waals surface area contributed by atoms with Gasteiger partial charge in [0.15, 0.2) is 5.82 Å². The number of amides is 1. The molecule has 2 aromatic carbocycles. The Labute approximate surface area is 246 Å². The zero-order chi connectivity index (χ0) is 29.3. The quantitative estimate of drug-likeness (QED) is 0.244. The van der Waals surface area contributed by atoms with Crippen LogP contribution in [0.15, 0.2) is 82.4 Å². The number of aromatic nitrogens is 4. The molecule has 4 aromatic heterocycles. The Kier molecular flexibility index (Phi) is 6.99. The second kappa shape index (κ2) is 11.3. The molecule has 0 saturated carbocycles. The van der Waals surface area contributed by atoms with Crippen molar-refractivity contribution in [2.75, 3.05) is 36.5 Å². The summed E-state index contributed by atoms with van der Waals surface area (Å²) in [5.74, 6) is 0.484. The second-order valence-electron chi connectivity index (χ2n) is 10.7. The van der Waals surface area contributed by atoms with Crippen LogP contribution in [0.25, 0.3) is 32.8 Å². The first kappa shape index (κ1) is 26.7. The number of benzene rings is 2.